The highest BCUT2D eigenvalue weighted by molar-refractivity contribution is 7.80. The lowest BCUT2D eigenvalue weighted by atomic mass is 10.1. The minimum absolute atomic E-state index is 0.347. The van der Waals surface area contributed by atoms with E-state index in [9.17, 15) is 0 Å². The van der Waals surface area contributed by atoms with Crippen molar-refractivity contribution in [3.8, 4) is 0 Å². The minimum atomic E-state index is 0.347. The number of thiol groups is 1. The molecule has 1 heteroatoms. The van der Waals surface area contributed by atoms with E-state index in [2.05, 4.69) is 50.7 Å². The molecule has 72 valence electrons. The van der Waals surface area contributed by atoms with Gasteiger partial charge in [-0.1, -0.05) is 37.6 Å². The summed E-state index contributed by atoms with van der Waals surface area (Å²) < 4.78 is 0. The van der Waals surface area contributed by atoms with E-state index in [1.54, 1.807) is 0 Å². The monoisotopic (exact) mass is 194 g/mol. The van der Waals surface area contributed by atoms with E-state index >= 15 is 0 Å². The van der Waals surface area contributed by atoms with Crippen LogP contribution in [0.4, 0.5) is 0 Å². The number of aryl methyl sites for hydroxylation is 1. The Morgan fingerprint density at radius 2 is 1.85 bits per heavy atom. The Morgan fingerprint density at radius 3 is 2.31 bits per heavy atom. The highest BCUT2D eigenvalue weighted by Gasteiger charge is 1.98. The molecular weight excluding hydrogens is 176 g/mol. The molecule has 1 aromatic carbocycles. The second-order valence-electron chi connectivity index (χ2n) is 3.52. The molecule has 0 heterocycles. The number of rotatable bonds is 4. The maximum Gasteiger partial charge on any atom is 0.0238 e. The standard InChI is InChI=1S/C12H18S/c1-3-4-5-11-6-8-12(9-7-11)10(2)13/h6-10,13H,3-5H2,1-2H3. The van der Waals surface area contributed by atoms with Gasteiger partial charge < -0.3 is 0 Å². The lowest BCUT2D eigenvalue weighted by Gasteiger charge is -2.05. The van der Waals surface area contributed by atoms with Crippen LogP contribution in [0.3, 0.4) is 0 Å². The average Bonchev–Trinajstić information content (AvgIpc) is 2.15. The molecular formula is C12H18S. The van der Waals surface area contributed by atoms with Crippen molar-refractivity contribution in [2.45, 2.75) is 38.4 Å². The van der Waals surface area contributed by atoms with Crippen LogP contribution < -0.4 is 0 Å². The fourth-order valence-corrected chi connectivity index (χ4v) is 1.52. The number of hydrogen-bond donors (Lipinski definition) is 1. The number of benzene rings is 1. The first-order valence-corrected chi connectivity index (χ1v) is 5.52. The average molecular weight is 194 g/mol. The van der Waals surface area contributed by atoms with Crippen molar-refractivity contribution in [1.29, 1.82) is 0 Å². The van der Waals surface area contributed by atoms with Gasteiger partial charge in [-0.3, -0.25) is 0 Å². The Bertz CT molecular complexity index is 236. The Hall–Kier alpha value is -0.430. The third kappa shape index (κ3) is 3.43. The van der Waals surface area contributed by atoms with Crippen LogP contribution in [0.25, 0.3) is 0 Å². The fourth-order valence-electron chi connectivity index (χ4n) is 1.34. The Balaban J connectivity index is 2.59. The molecule has 0 aliphatic carbocycles. The van der Waals surface area contributed by atoms with Crippen LogP contribution in [-0.2, 0) is 6.42 Å². The van der Waals surface area contributed by atoms with Crippen LogP contribution in [0.15, 0.2) is 24.3 Å². The van der Waals surface area contributed by atoms with Crippen molar-refractivity contribution in [3.05, 3.63) is 35.4 Å². The molecule has 0 aliphatic heterocycles. The van der Waals surface area contributed by atoms with E-state index in [-0.39, 0.29) is 0 Å². The van der Waals surface area contributed by atoms with E-state index in [1.807, 2.05) is 0 Å². The third-order valence-corrected chi connectivity index (χ3v) is 2.58. The van der Waals surface area contributed by atoms with E-state index in [4.69, 9.17) is 0 Å². The Morgan fingerprint density at radius 1 is 1.23 bits per heavy atom. The molecule has 1 atom stereocenters. The zero-order valence-corrected chi connectivity index (χ0v) is 9.35. The summed E-state index contributed by atoms with van der Waals surface area (Å²) in [7, 11) is 0. The summed E-state index contributed by atoms with van der Waals surface area (Å²) >= 11 is 4.39. The predicted molar refractivity (Wildman–Crippen MR) is 62.5 cm³/mol. The van der Waals surface area contributed by atoms with E-state index in [0.29, 0.717) is 5.25 Å². The van der Waals surface area contributed by atoms with Crippen LogP contribution in [0.2, 0.25) is 0 Å². The van der Waals surface area contributed by atoms with Crippen LogP contribution in [0.5, 0.6) is 0 Å². The third-order valence-electron chi connectivity index (χ3n) is 2.28. The summed E-state index contributed by atoms with van der Waals surface area (Å²) in [6, 6.07) is 8.81. The quantitative estimate of drug-likeness (QED) is 0.688. The van der Waals surface area contributed by atoms with E-state index in [0.717, 1.165) is 0 Å². The highest BCUT2D eigenvalue weighted by Crippen LogP contribution is 2.19. The zero-order chi connectivity index (χ0) is 9.68. The highest BCUT2D eigenvalue weighted by atomic mass is 32.1. The van der Waals surface area contributed by atoms with Crippen molar-refractivity contribution in [1.82, 2.24) is 0 Å². The topological polar surface area (TPSA) is 0 Å². The molecule has 0 spiro atoms. The number of unbranched alkanes of at least 4 members (excludes halogenated alkanes) is 1. The first-order valence-electron chi connectivity index (χ1n) is 5.01. The summed E-state index contributed by atoms with van der Waals surface area (Å²) in [5, 5.41) is 0.347. The van der Waals surface area contributed by atoms with Crippen molar-refractivity contribution in [2.75, 3.05) is 0 Å². The van der Waals surface area contributed by atoms with Gasteiger partial charge in [0.05, 0.1) is 0 Å². The normalized spacial score (nSPS) is 12.8. The van der Waals surface area contributed by atoms with Gasteiger partial charge in [0.2, 0.25) is 0 Å². The molecule has 0 N–H and O–H groups in total. The zero-order valence-electron chi connectivity index (χ0n) is 8.46. The molecule has 0 bridgehead atoms. The molecule has 0 radical (unpaired) electrons. The fraction of sp³-hybridized carbons (Fsp3) is 0.500. The molecule has 0 aliphatic rings. The van der Waals surface area contributed by atoms with E-state index < -0.39 is 0 Å². The molecule has 0 fully saturated rings. The molecule has 0 saturated heterocycles. The van der Waals surface area contributed by atoms with Crippen molar-refractivity contribution >= 4 is 12.6 Å². The summed E-state index contributed by atoms with van der Waals surface area (Å²) in [6.07, 6.45) is 3.76. The Kier molecular flexibility index (Phi) is 4.37. The molecule has 0 aromatic heterocycles. The molecule has 13 heavy (non-hydrogen) atoms. The van der Waals surface area contributed by atoms with E-state index in [1.165, 1.54) is 30.4 Å². The second kappa shape index (κ2) is 5.33. The van der Waals surface area contributed by atoms with Gasteiger partial charge in [-0.05, 0) is 30.9 Å². The van der Waals surface area contributed by atoms with Crippen LogP contribution in [-0.4, -0.2) is 0 Å². The van der Waals surface area contributed by atoms with Gasteiger partial charge in [0, 0.05) is 5.25 Å². The Labute approximate surface area is 86.8 Å². The van der Waals surface area contributed by atoms with Crippen molar-refractivity contribution in [3.63, 3.8) is 0 Å². The lowest BCUT2D eigenvalue weighted by molar-refractivity contribution is 0.794. The van der Waals surface area contributed by atoms with Crippen LogP contribution >= 0.6 is 12.6 Å². The van der Waals surface area contributed by atoms with Gasteiger partial charge in [0.1, 0.15) is 0 Å². The first kappa shape index (κ1) is 10.6. The first-order chi connectivity index (χ1) is 6.24. The van der Waals surface area contributed by atoms with Gasteiger partial charge in [-0.25, -0.2) is 0 Å². The van der Waals surface area contributed by atoms with Gasteiger partial charge in [-0.2, -0.15) is 12.6 Å². The summed E-state index contributed by atoms with van der Waals surface area (Å²) in [4.78, 5) is 0. The molecule has 1 aromatic rings. The van der Waals surface area contributed by atoms with Crippen molar-refractivity contribution < 1.29 is 0 Å². The molecule has 1 rings (SSSR count). The molecule has 0 saturated carbocycles. The minimum Gasteiger partial charge on any atom is -0.171 e. The van der Waals surface area contributed by atoms with Gasteiger partial charge in [0.25, 0.3) is 0 Å². The molecule has 0 amide bonds. The lowest BCUT2D eigenvalue weighted by Crippen LogP contribution is -1.87. The van der Waals surface area contributed by atoms with Gasteiger partial charge in [0.15, 0.2) is 0 Å². The van der Waals surface area contributed by atoms with Gasteiger partial charge in [-0.15, -0.1) is 0 Å². The summed E-state index contributed by atoms with van der Waals surface area (Å²) in [5.41, 5.74) is 2.75. The largest absolute Gasteiger partial charge is 0.171 e. The molecule has 0 nitrogen and oxygen atoms in total. The SMILES string of the molecule is CCCCc1ccc(C(C)S)cc1. The van der Waals surface area contributed by atoms with Gasteiger partial charge >= 0.3 is 0 Å². The van der Waals surface area contributed by atoms with Crippen LogP contribution in [0, 0.1) is 0 Å². The maximum absolute atomic E-state index is 4.39. The summed E-state index contributed by atoms with van der Waals surface area (Å²) in [6.45, 7) is 4.33. The summed E-state index contributed by atoms with van der Waals surface area (Å²) in [5.74, 6) is 0. The predicted octanol–water partition coefficient (Wildman–Crippen LogP) is 4.02. The smallest absolute Gasteiger partial charge is 0.0238 e. The second-order valence-corrected chi connectivity index (χ2v) is 4.30. The van der Waals surface area contributed by atoms with Crippen LogP contribution in [0.1, 0.15) is 43.1 Å². The maximum atomic E-state index is 4.39. The van der Waals surface area contributed by atoms with Crippen molar-refractivity contribution in [2.24, 2.45) is 0 Å². The molecule has 1 unspecified atom stereocenters. The number of hydrogen-bond acceptors (Lipinski definition) is 1.